The Morgan fingerprint density at radius 3 is 1.90 bits per heavy atom. The van der Waals surface area contributed by atoms with E-state index in [1.807, 2.05) is 18.2 Å². The number of aliphatic hydroxyl groups is 1. The summed E-state index contributed by atoms with van der Waals surface area (Å²) in [7, 11) is -4.40. The predicted molar refractivity (Wildman–Crippen MR) is 212 cm³/mol. The van der Waals surface area contributed by atoms with Crippen molar-refractivity contribution >= 4 is 19.8 Å². The highest BCUT2D eigenvalue weighted by atomic mass is 31.2. The molecule has 2 unspecified atom stereocenters. The molecule has 0 fully saturated rings. The number of hydrogen-bond acceptors (Lipinski definition) is 9. The number of carbonyl (C=O) groups excluding carboxylic acids is 2. The molecular weight excluding hydrogens is 681 g/mol. The first-order chi connectivity index (χ1) is 25.2. The standard InChI is InChI=1S/C41H74NO9P/c1-3-5-7-9-11-13-14-15-16-18-20-24-29-33-41(45)51-39(37-50-52(46,47)49-35-34-42)36-48-40(44)32-28-25-21-23-27-31-38(43)30-26-22-19-17-12-10-8-6-4-2/h12,17,21-23,26-27,31,38-39,43H,3-11,13-16,18-20,24-25,28-30,32-37,42H2,1-2H3,(H,46,47)/b17-12-,23-21+,26-22-,31-27-/t38?,39-/m1/s1. The highest BCUT2D eigenvalue weighted by molar-refractivity contribution is 7.47. The van der Waals surface area contributed by atoms with Crippen LogP contribution in [-0.4, -0.2) is 60.5 Å². The number of esters is 2. The van der Waals surface area contributed by atoms with Crippen LogP contribution in [0.4, 0.5) is 0 Å². The van der Waals surface area contributed by atoms with Gasteiger partial charge in [0, 0.05) is 19.4 Å². The Kier molecular flexibility index (Phi) is 35.8. The van der Waals surface area contributed by atoms with Gasteiger partial charge in [0.2, 0.25) is 0 Å². The van der Waals surface area contributed by atoms with Crippen molar-refractivity contribution in [2.75, 3.05) is 26.4 Å². The first-order valence-electron chi connectivity index (χ1n) is 20.2. The molecule has 10 nitrogen and oxygen atoms in total. The highest BCUT2D eigenvalue weighted by Crippen LogP contribution is 2.43. The zero-order valence-electron chi connectivity index (χ0n) is 32.6. The molecule has 0 rings (SSSR count). The summed E-state index contributed by atoms with van der Waals surface area (Å²) in [6.07, 6.45) is 37.4. The lowest BCUT2D eigenvalue weighted by Crippen LogP contribution is -2.29. The normalized spacial score (nSPS) is 14.5. The van der Waals surface area contributed by atoms with Crippen LogP contribution in [0.15, 0.2) is 48.6 Å². The van der Waals surface area contributed by atoms with Gasteiger partial charge in [-0.3, -0.25) is 18.6 Å². The fraction of sp³-hybridized carbons (Fsp3) is 0.756. The average Bonchev–Trinajstić information content (AvgIpc) is 3.12. The fourth-order valence-corrected chi connectivity index (χ4v) is 6.00. The summed E-state index contributed by atoms with van der Waals surface area (Å²) in [4.78, 5) is 34.7. The maximum absolute atomic E-state index is 12.5. The maximum Gasteiger partial charge on any atom is 0.472 e. The van der Waals surface area contributed by atoms with Crippen LogP contribution in [0.25, 0.3) is 0 Å². The van der Waals surface area contributed by atoms with Gasteiger partial charge in [0.25, 0.3) is 0 Å². The van der Waals surface area contributed by atoms with E-state index in [1.165, 1.54) is 77.0 Å². The van der Waals surface area contributed by atoms with Crippen LogP contribution in [0.5, 0.6) is 0 Å². The van der Waals surface area contributed by atoms with Crippen molar-refractivity contribution in [2.24, 2.45) is 5.73 Å². The van der Waals surface area contributed by atoms with Gasteiger partial charge in [0.05, 0.1) is 19.3 Å². The lowest BCUT2D eigenvalue weighted by molar-refractivity contribution is -0.161. The summed E-state index contributed by atoms with van der Waals surface area (Å²) in [5.74, 6) is -0.959. The molecule has 0 aromatic heterocycles. The molecule has 0 saturated heterocycles. The van der Waals surface area contributed by atoms with E-state index >= 15 is 0 Å². The van der Waals surface area contributed by atoms with Crippen molar-refractivity contribution < 1.29 is 42.7 Å². The van der Waals surface area contributed by atoms with Crippen LogP contribution in [0.2, 0.25) is 0 Å². The molecule has 0 radical (unpaired) electrons. The van der Waals surface area contributed by atoms with Crippen LogP contribution < -0.4 is 5.73 Å². The number of rotatable bonds is 37. The molecule has 0 spiro atoms. The average molecular weight is 756 g/mol. The van der Waals surface area contributed by atoms with Gasteiger partial charge >= 0.3 is 19.8 Å². The molecule has 0 aliphatic heterocycles. The molecule has 52 heavy (non-hydrogen) atoms. The Bertz CT molecular complexity index is 1010. The molecule has 0 heterocycles. The van der Waals surface area contributed by atoms with Crippen molar-refractivity contribution in [1.82, 2.24) is 0 Å². The Balaban J connectivity index is 4.38. The molecule has 11 heteroatoms. The number of ether oxygens (including phenoxy) is 2. The third kappa shape index (κ3) is 36.3. The van der Waals surface area contributed by atoms with Gasteiger partial charge in [-0.25, -0.2) is 4.57 Å². The molecule has 0 aliphatic rings. The second-order valence-electron chi connectivity index (χ2n) is 13.4. The minimum atomic E-state index is -4.40. The van der Waals surface area contributed by atoms with Crippen LogP contribution in [0.3, 0.4) is 0 Å². The molecule has 0 saturated carbocycles. The molecule has 0 aromatic rings. The zero-order chi connectivity index (χ0) is 38.4. The quantitative estimate of drug-likeness (QED) is 0.0183. The van der Waals surface area contributed by atoms with Gasteiger partial charge in [0.15, 0.2) is 6.10 Å². The molecular formula is C41H74NO9P. The van der Waals surface area contributed by atoms with Crippen molar-refractivity contribution in [3.8, 4) is 0 Å². The number of phosphoric ester groups is 1. The van der Waals surface area contributed by atoms with Crippen LogP contribution >= 0.6 is 7.82 Å². The Morgan fingerprint density at radius 1 is 0.673 bits per heavy atom. The van der Waals surface area contributed by atoms with E-state index in [1.54, 1.807) is 12.2 Å². The van der Waals surface area contributed by atoms with E-state index in [4.69, 9.17) is 24.3 Å². The minimum Gasteiger partial charge on any atom is -0.462 e. The number of hydrogen-bond donors (Lipinski definition) is 3. The Labute approximate surface area is 316 Å². The molecule has 0 bridgehead atoms. The second kappa shape index (κ2) is 37.3. The summed E-state index contributed by atoms with van der Waals surface area (Å²) >= 11 is 0. The molecule has 4 N–H and O–H groups in total. The molecule has 0 amide bonds. The van der Waals surface area contributed by atoms with Gasteiger partial charge in [-0.2, -0.15) is 0 Å². The smallest absolute Gasteiger partial charge is 0.462 e. The Morgan fingerprint density at radius 2 is 1.25 bits per heavy atom. The number of aliphatic hydroxyl groups excluding tert-OH is 1. The molecule has 0 aliphatic carbocycles. The number of nitrogens with two attached hydrogens (primary N) is 1. The van der Waals surface area contributed by atoms with E-state index in [-0.39, 0.29) is 32.6 Å². The number of phosphoric acid groups is 1. The van der Waals surface area contributed by atoms with Gasteiger partial charge in [-0.15, -0.1) is 0 Å². The van der Waals surface area contributed by atoms with E-state index < -0.39 is 38.6 Å². The van der Waals surface area contributed by atoms with Gasteiger partial charge in [0.1, 0.15) is 6.61 Å². The lowest BCUT2D eigenvalue weighted by Gasteiger charge is -2.19. The van der Waals surface area contributed by atoms with E-state index in [9.17, 15) is 24.2 Å². The third-order valence-electron chi connectivity index (χ3n) is 8.30. The van der Waals surface area contributed by atoms with E-state index in [2.05, 4.69) is 32.1 Å². The monoisotopic (exact) mass is 756 g/mol. The molecule has 0 aromatic carbocycles. The summed E-state index contributed by atoms with van der Waals surface area (Å²) in [6.45, 7) is 3.52. The van der Waals surface area contributed by atoms with E-state index in [0.29, 0.717) is 25.7 Å². The summed E-state index contributed by atoms with van der Waals surface area (Å²) < 4.78 is 32.6. The van der Waals surface area contributed by atoms with Gasteiger partial charge in [-0.05, 0) is 44.9 Å². The van der Waals surface area contributed by atoms with Gasteiger partial charge in [-0.1, -0.05) is 152 Å². The molecule has 3 atom stereocenters. The Hall–Kier alpha value is -2.07. The first kappa shape index (κ1) is 49.9. The number of unbranched alkanes of at least 4 members (excludes halogenated alkanes) is 16. The van der Waals surface area contributed by atoms with Gasteiger partial charge < -0.3 is 25.2 Å². The zero-order valence-corrected chi connectivity index (χ0v) is 33.5. The SMILES string of the molecule is CCCCC/C=C\C/C=C\CC(O)/C=C\C=C\CCCC(=O)OC[C@H](COP(=O)(O)OCCN)OC(=O)CCCCCCCCCCCCCCC. The van der Waals surface area contributed by atoms with Crippen LogP contribution in [-0.2, 0) is 32.7 Å². The summed E-state index contributed by atoms with van der Waals surface area (Å²) in [5, 5.41) is 10.1. The number of carbonyl (C=O) groups is 2. The van der Waals surface area contributed by atoms with Crippen molar-refractivity contribution in [1.29, 1.82) is 0 Å². The number of allylic oxidation sites excluding steroid dienone is 6. The van der Waals surface area contributed by atoms with Crippen molar-refractivity contribution in [3.05, 3.63) is 48.6 Å². The van der Waals surface area contributed by atoms with Crippen LogP contribution in [0, 0.1) is 0 Å². The lowest BCUT2D eigenvalue weighted by atomic mass is 10.0. The minimum absolute atomic E-state index is 0.0334. The van der Waals surface area contributed by atoms with Crippen LogP contribution in [0.1, 0.15) is 162 Å². The second-order valence-corrected chi connectivity index (χ2v) is 14.8. The van der Waals surface area contributed by atoms with Crippen molar-refractivity contribution in [2.45, 2.75) is 174 Å². The largest absolute Gasteiger partial charge is 0.472 e. The summed E-state index contributed by atoms with van der Waals surface area (Å²) in [5.41, 5.74) is 5.33. The fourth-order valence-electron chi connectivity index (χ4n) is 5.24. The topological polar surface area (TPSA) is 155 Å². The molecule has 302 valence electrons. The summed E-state index contributed by atoms with van der Waals surface area (Å²) in [6, 6.07) is 0. The predicted octanol–water partition coefficient (Wildman–Crippen LogP) is 10.1. The first-order valence-corrected chi connectivity index (χ1v) is 21.7. The maximum atomic E-state index is 12.5. The third-order valence-corrected chi connectivity index (χ3v) is 9.28. The van der Waals surface area contributed by atoms with Crippen molar-refractivity contribution in [3.63, 3.8) is 0 Å². The van der Waals surface area contributed by atoms with E-state index in [0.717, 1.165) is 32.1 Å². The highest BCUT2D eigenvalue weighted by Gasteiger charge is 2.25.